The third kappa shape index (κ3) is 7.95. The molecule has 0 aliphatic rings. The lowest BCUT2D eigenvalue weighted by molar-refractivity contribution is 1.11. The van der Waals surface area contributed by atoms with Gasteiger partial charge in [-0.05, 0) is 98.1 Å². The van der Waals surface area contributed by atoms with Gasteiger partial charge in [0.15, 0.2) is 5.82 Å². The van der Waals surface area contributed by atoms with Crippen LogP contribution < -0.4 is 0 Å². The van der Waals surface area contributed by atoms with Gasteiger partial charge in [0.1, 0.15) is 0 Å². The maximum absolute atomic E-state index is 5.63. The van der Waals surface area contributed by atoms with Crippen LogP contribution in [0.1, 0.15) is 0 Å². The van der Waals surface area contributed by atoms with E-state index >= 15 is 0 Å². The predicted molar refractivity (Wildman–Crippen MR) is 314 cm³/mol. The highest BCUT2D eigenvalue weighted by atomic mass is 15.2. The van der Waals surface area contributed by atoms with Crippen molar-refractivity contribution < 1.29 is 0 Å². The van der Waals surface area contributed by atoms with Crippen LogP contribution in [0.15, 0.2) is 285 Å². The number of nitrogens with zero attached hydrogens (tertiary/aromatic N) is 5. The largest absolute Gasteiger partial charge is 0.277 e. The molecule has 0 bridgehead atoms. The van der Waals surface area contributed by atoms with E-state index in [0.717, 1.165) is 128 Å². The van der Waals surface area contributed by atoms with E-state index in [1.807, 2.05) is 24.3 Å². The molecule has 356 valence electrons. The van der Waals surface area contributed by atoms with Gasteiger partial charge in [-0.3, -0.25) is 8.97 Å². The van der Waals surface area contributed by atoms with Gasteiger partial charge in [0.25, 0.3) is 0 Å². The van der Waals surface area contributed by atoms with Gasteiger partial charge in [-0.25, -0.2) is 15.0 Å². The van der Waals surface area contributed by atoms with Crippen molar-refractivity contribution in [2.75, 3.05) is 0 Å². The molecule has 0 saturated heterocycles. The fraction of sp³-hybridized carbons (Fsp3) is 0. The Kier molecular flexibility index (Phi) is 11.1. The first-order chi connectivity index (χ1) is 37.7. The van der Waals surface area contributed by atoms with Gasteiger partial charge in [0.05, 0.1) is 39.1 Å². The zero-order chi connectivity index (χ0) is 50.4. The molecule has 14 aromatic rings. The van der Waals surface area contributed by atoms with E-state index in [1.165, 1.54) is 0 Å². The van der Waals surface area contributed by atoms with Crippen molar-refractivity contribution in [3.8, 4) is 106 Å². The third-order valence-electron chi connectivity index (χ3n) is 14.6. The van der Waals surface area contributed by atoms with Gasteiger partial charge >= 0.3 is 0 Å². The van der Waals surface area contributed by atoms with Crippen molar-refractivity contribution in [3.63, 3.8) is 0 Å². The molecule has 0 aliphatic carbocycles. The van der Waals surface area contributed by atoms with Gasteiger partial charge in [0.2, 0.25) is 5.78 Å². The summed E-state index contributed by atoms with van der Waals surface area (Å²) in [7, 11) is 0. The zero-order valence-corrected chi connectivity index (χ0v) is 41.4. The van der Waals surface area contributed by atoms with Crippen molar-refractivity contribution in [2.45, 2.75) is 0 Å². The number of fused-ring (bicyclic) bond motifs is 5. The van der Waals surface area contributed by atoms with E-state index in [1.54, 1.807) is 0 Å². The van der Waals surface area contributed by atoms with Gasteiger partial charge in [-0.15, -0.1) is 0 Å². The predicted octanol–water partition coefficient (Wildman–Crippen LogP) is 18.2. The summed E-state index contributed by atoms with van der Waals surface area (Å²) in [6.07, 6.45) is 0. The van der Waals surface area contributed by atoms with Gasteiger partial charge < -0.3 is 0 Å². The average Bonchev–Trinajstić information content (AvgIpc) is 4.19. The van der Waals surface area contributed by atoms with Crippen LogP contribution in [0.3, 0.4) is 0 Å². The molecule has 0 aliphatic heterocycles. The molecule has 0 saturated carbocycles. The molecular formula is C71H47N5. The van der Waals surface area contributed by atoms with Gasteiger partial charge in [-0.1, -0.05) is 243 Å². The third-order valence-corrected chi connectivity index (χ3v) is 14.6. The second-order valence-corrected chi connectivity index (χ2v) is 19.2. The molecule has 14 rings (SSSR count). The summed E-state index contributed by atoms with van der Waals surface area (Å²) in [6, 6.07) is 101. The Balaban J connectivity index is 1.06. The normalized spacial score (nSPS) is 11.4. The quantitative estimate of drug-likeness (QED) is 0.137. The summed E-state index contributed by atoms with van der Waals surface area (Å²) < 4.78 is 4.77. The molecule has 0 amide bonds. The van der Waals surface area contributed by atoms with Crippen LogP contribution in [0.5, 0.6) is 0 Å². The van der Waals surface area contributed by atoms with E-state index in [4.69, 9.17) is 15.0 Å². The molecular weight excluding hydrogens is 923 g/mol. The van der Waals surface area contributed by atoms with Crippen LogP contribution in [0.4, 0.5) is 0 Å². The van der Waals surface area contributed by atoms with Crippen molar-refractivity contribution in [2.24, 2.45) is 0 Å². The Morgan fingerprint density at radius 1 is 0.250 bits per heavy atom. The molecule has 0 fully saturated rings. The molecule has 11 aromatic carbocycles. The number of para-hydroxylation sites is 1. The molecule has 76 heavy (non-hydrogen) atoms. The Hall–Kier alpha value is -10.2. The minimum Gasteiger partial charge on any atom is -0.277 e. The smallest absolute Gasteiger partial charge is 0.220 e. The Morgan fingerprint density at radius 2 is 0.684 bits per heavy atom. The Morgan fingerprint density at radius 3 is 1.21 bits per heavy atom. The number of hydrogen-bond acceptors (Lipinski definition) is 3. The van der Waals surface area contributed by atoms with Crippen molar-refractivity contribution in [3.05, 3.63) is 285 Å². The van der Waals surface area contributed by atoms with E-state index in [-0.39, 0.29) is 0 Å². The number of benzene rings is 11. The highest BCUT2D eigenvalue weighted by Crippen LogP contribution is 2.46. The fourth-order valence-corrected chi connectivity index (χ4v) is 11.0. The minimum absolute atomic E-state index is 0.676. The monoisotopic (exact) mass is 969 g/mol. The summed E-state index contributed by atoms with van der Waals surface area (Å²) in [6.45, 7) is 0. The minimum atomic E-state index is 0.676. The fourth-order valence-electron chi connectivity index (χ4n) is 11.0. The number of imidazole rings is 2. The Bertz CT molecular complexity index is 4220. The number of rotatable bonds is 10. The SMILES string of the molecule is c1ccc(-c2ccc3c(c2)n2c4cc(-c5c(-c6ccccc6)cc(-c6cc(-c7ccccc7)nc(-c7ccccc7)n6)cc5-c5ccccc5)ccc4nc2n3-c2c(-c3ccccc3)cccc2-c2ccccc2)cc1. The van der Waals surface area contributed by atoms with E-state index in [0.29, 0.717) is 5.82 Å². The first-order valence-electron chi connectivity index (χ1n) is 25.8. The molecule has 3 aromatic heterocycles. The van der Waals surface area contributed by atoms with Gasteiger partial charge in [-0.2, -0.15) is 0 Å². The zero-order valence-electron chi connectivity index (χ0n) is 41.4. The molecule has 0 radical (unpaired) electrons. The van der Waals surface area contributed by atoms with Crippen molar-refractivity contribution in [1.29, 1.82) is 0 Å². The van der Waals surface area contributed by atoms with E-state index < -0.39 is 0 Å². The second-order valence-electron chi connectivity index (χ2n) is 19.2. The average molecular weight is 970 g/mol. The lowest BCUT2D eigenvalue weighted by atomic mass is 9.85. The van der Waals surface area contributed by atoms with Crippen LogP contribution in [0.25, 0.3) is 134 Å². The standard InChI is InChI=1S/C71H47N5/c1-8-23-48(24-9-1)55-40-42-65-67(45-55)75-66-46-56(39-41-62(66)74-71(75)76(65)69-58(49-25-10-2-11-26-49)37-22-38-59(69)50-27-12-3-13-28-50)68-60(51-29-14-4-15-30-51)43-57(44-61(68)52-31-16-5-17-32-52)64-47-63(53-33-18-6-19-34-53)72-70(73-64)54-35-20-7-21-36-54/h1-47H. The molecule has 0 unspecified atom stereocenters. The first kappa shape index (κ1) is 44.5. The van der Waals surface area contributed by atoms with Crippen LogP contribution in [-0.4, -0.2) is 23.9 Å². The Labute approximate surface area is 441 Å². The first-order valence-corrected chi connectivity index (χ1v) is 25.8. The second kappa shape index (κ2) is 19.0. The van der Waals surface area contributed by atoms with Crippen molar-refractivity contribution in [1.82, 2.24) is 23.9 Å². The summed E-state index contributed by atoms with van der Waals surface area (Å²) in [4.78, 5) is 16.1. The summed E-state index contributed by atoms with van der Waals surface area (Å²) in [5, 5.41) is 0. The molecule has 5 heteroatoms. The molecule has 3 heterocycles. The maximum atomic E-state index is 5.63. The lowest BCUT2D eigenvalue weighted by Crippen LogP contribution is -2.01. The van der Waals surface area contributed by atoms with Crippen LogP contribution >= 0.6 is 0 Å². The van der Waals surface area contributed by atoms with Crippen molar-refractivity contribution >= 4 is 27.8 Å². The lowest BCUT2D eigenvalue weighted by Gasteiger charge is -2.19. The van der Waals surface area contributed by atoms with Crippen LogP contribution in [0.2, 0.25) is 0 Å². The highest BCUT2D eigenvalue weighted by molar-refractivity contribution is 6.02. The topological polar surface area (TPSA) is 48.0 Å². The summed E-state index contributed by atoms with van der Waals surface area (Å²) in [5.74, 6) is 1.51. The van der Waals surface area contributed by atoms with Crippen LogP contribution in [0, 0.1) is 0 Å². The molecule has 0 N–H and O–H groups in total. The number of aromatic nitrogens is 5. The van der Waals surface area contributed by atoms with Gasteiger partial charge in [0, 0.05) is 27.8 Å². The van der Waals surface area contributed by atoms with E-state index in [2.05, 4.69) is 270 Å². The molecule has 5 nitrogen and oxygen atoms in total. The van der Waals surface area contributed by atoms with Crippen LogP contribution in [-0.2, 0) is 0 Å². The number of hydrogen-bond donors (Lipinski definition) is 0. The highest BCUT2D eigenvalue weighted by Gasteiger charge is 2.25. The summed E-state index contributed by atoms with van der Waals surface area (Å²) in [5.41, 5.74) is 23.2. The summed E-state index contributed by atoms with van der Waals surface area (Å²) >= 11 is 0. The maximum Gasteiger partial charge on any atom is 0.220 e. The molecule has 0 atom stereocenters. The molecule has 0 spiro atoms. The van der Waals surface area contributed by atoms with E-state index in [9.17, 15) is 0 Å².